The number of hydrogen-bond acceptors (Lipinski definition) is 4. The van der Waals surface area contributed by atoms with Gasteiger partial charge in [0.15, 0.2) is 5.78 Å². The van der Waals surface area contributed by atoms with Gasteiger partial charge in [0.25, 0.3) is 0 Å². The summed E-state index contributed by atoms with van der Waals surface area (Å²) in [6.45, 7) is 4.18. The molecule has 0 bridgehead atoms. The number of H-pyrrole nitrogens is 1. The zero-order valence-electron chi connectivity index (χ0n) is 13.0. The molecule has 116 valence electrons. The van der Waals surface area contributed by atoms with Gasteiger partial charge in [-0.05, 0) is 12.3 Å². The first kappa shape index (κ1) is 13.9. The Morgan fingerprint density at radius 1 is 1.26 bits per heavy atom. The highest BCUT2D eigenvalue weighted by atomic mass is 16.1. The molecule has 0 spiro atoms. The molecule has 0 saturated carbocycles. The molecule has 1 aliphatic rings. The molecular weight excluding hydrogens is 288 g/mol. The molecule has 2 aromatic heterocycles. The Bertz CT molecular complexity index is 856. The zero-order valence-corrected chi connectivity index (χ0v) is 13.0. The fraction of sp³-hybridized carbons (Fsp3) is 0.278. The number of ketones is 1. The Morgan fingerprint density at radius 2 is 2.09 bits per heavy atom. The highest BCUT2D eigenvalue weighted by Crippen LogP contribution is 2.31. The maximum Gasteiger partial charge on any atom is 0.195 e. The van der Waals surface area contributed by atoms with E-state index in [1.807, 2.05) is 30.3 Å². The average Bonchev–Trinajstić information content (AvgIpc) is 3.21. The second-order valence-electron chi connectivity index (χ2n) is 6.16. The number of aromatic amines is 1. The normalized spacial score (nSPS) is 17.8. The van der Waals surface area contributed by atoms with Gasteiger partial charge in [-0.15, -0.1) is 0 Å². The molecular formula is C18H18N4O. The number of nitrogens with zero attached hydrogens (tertiary/aromatic N) is 3. The molecule has 1 aromatic carbocycles. The van der Waals surface area contributed by atoms with Crippen LogP contribution in [0.25, 0.3) is 11.0 Å². The number of benzene rings is 1. The molecule has 5 nitrogen and oxygen atoms in total. The summed E-state index contributed by atoms with van der Waals surface area (Å²) in [7, 11) is 0. The molecule has 0 radical (unpaired) electrons. The summed E-state index contributed by atoms with van der Waals surface area (Å²) in [6.07, 6.45) is 4.46. The second-order valence-corrected chi connectivity index (χ2v) is 6.16. The van der Waals surface area contributed by atoms with Crippen LogP contribution in [-0.2, 0) is 0 Å². The highest BCUT2D eigenvalue weighted by molar-refractivity contribution is 6.18. The number of carbonyl (C=O) groups excluding carboxylic acids is 1. The lowest BCUT2D eigenvalue weighted by atomic mass is 10.0. The first-order chi connectivity index (χ1) is 11.2. The summed E-state index contributed by atoms with van der Waals surface area (Å²) in [6, 6.07) is 9.33. The minimum Gasteiger partial charge on any atom is -0.356 e. The predicted octanol–water partition coefficient (Wildman–Crippen LogP) is 3.04. The number of hydrogen-bond donors (Lipinski definition) is 1. The van der Waals surface area contributed by atoms with Crippen LogP contribution in [0.2, 0.25) is 0 Å². The third-order valence-electron chi connectivity index (χ3n) is 4.45. The van der Waals surface area contributed by atoms with E-state index in [0.29, 0.717) is 22.7 Å². The van der Waals surface area contributed by atoms with Crippen molar-refractivity contribution >= 4 is 22.6 Å². The van der Waals surface area contributed by atoms with Crippen LogP contribution in [0.3, 0.4) is 0 Å². The zero-order chi connectivity index (χ0) is 15.8. The minimum absolute atomic E-state index is 0.000135. The monoisotopic (exact) mass is 306 g/mol. The van der Waals surface area contributed by atoms with Crippen LogP contribution in [0, 0.1) is 5.92 Å². The smallest absolute Gasteiger partial charge is 0.195 e. The van der Waals surface area contributed by atoms with Crippen molar-refractivity contribution in [3.8, 4) is 0 Å². The minimum atomic E-state index is 0.000135. The summed E-state index contributed by atoms with van der Waals surface area (Å²) in [5, 5.41) is 0.829. The molecule has 0 aliphatic carbocycles. The van der Waals surface area contributed by atoms with E-state index in [-0.39, 0.29) is 5.78 Å². The Kier molecular flexibility index (Phi) is 3.33. The number of anilines is 1. The molecule has 0 amide bonds. The van der Waals surface area contributed by atoms with Crippen molar-refractivity contribution in [3.05, 3.63) is 54.0 Å². The van der Waals surface area contributed by atoms with Gasteiger partial charge in [-0.3, -0.25) is 4.79 Å². The van der Waals surface area contributed by atoms with E-state index in [0.717, 1.165) is 30.7 Å². The quantitative estimate of drug-likeness (QED) is 0.756. The SMILES string of the molecule is CC1CCN(c2ncnc3[nH]cc(C(=O)c4ccccc4)c23)C1. The fourth-order valence-corrected chi connectivity index (χ4v) is 3.24. The Morgan fingerprint density at radius 3 is 2.83 bits per heavy atom. The van der Waals surface area contributed by atoms with E-state index in [1.165, 1.54) is 0 Å². The van der Waals surface area contributed by atoms with Crippen molar-refractivity contribution in [1.82, 2.24) is 15.0 Å². The fourth-order valence-electron chi connectivity index (χ4n) is 3.24. The number of carbonyl (C=O) groups is 1. The number of fused-ring (bicyclic) bond motifs is 1. The topological polar surface area (TPSA) is 61.9 Å². The summed E-state index contributed by atoms with van der Waals surface area (Å²) in [4.78, 5) is 27.0. The van der Waals surface area contributed by atoms with Crippen molar-refractivity contribution in [2.45, 2.75) is 13.3 Å². The number of rotatable bonds is 3. The van der Waals surface area contributed by atoms with Gasteiger partial charge >= 0.3 is 0 Å². The maximum atomic E-state index is 12.9. The van der Waals surface area contributed by atoms with E-state index in [9.17, 15) is 4.79 Å². The van der Waals surface area contributed by atoms with E-state index in [2.05, 4.69) is 26.8 Å². The van der Waals surface area contributed by atoms with E-state index < -0.39 is 0 Å². The van der Waals surface area contributed by atoms with Gasteiger partial charge in [0.2, 0.25) is 0 Å². The molecule has 23 heavy (non-hydrogen) atoms. The Balaban J connectivity index is 1.83. The molecule has 1 saturated heterocycles. The van der Waals surface area contributed by atoms with Crippen LogP contribution in [0.15, 0.2) is 42.9 Å². The van der Waals surface area contributed by atoms with Gasteiger partial charge in [0.05, 0.1) is 10.9 Å². The van der Waals surface area contributed by atoms with Crippen LogP contribution >= 0.6 is 0 Å². The Labute approximate surface area is 134 Å². The van der Waals surface area contributed by atoms with Gasteiger partial charge in [-0.25, -0.2) is 9.97 Å². The van der Waals surface area contributed by atoms with Crippen molar-refractivity contribution in [3.63, 3.8) is 0 Å². The Hall–Kier alpha value is -2.69. The summed E-state index contributed by atoms with van der Waals surface area (Å²) >= 11 is 0. The molecule has 3 aromatic rings. The van der Waals surface area contributed by atoms with Crippen LogP contribution in [0.1, 0.15) is 29.3 Å². The highest BCUT2D eigenvalue weighted by Gasteiger charge is 2.25. The van der Waals surface area contributed by atoms with Gasteiger partial charge < -0.3 is 9.88 Å². The van der Waals surface area contributed by atoms with Gasteiger partial charge in [-0.1, -0.05) is 37.3 Å². The maximum absolute atomic E-state index is 12.9. The standard InChI is InChI=1S/C18H18N4O/c1-12-7-8-22(10-12)18-15-14(9-19-17(15)20-11-21-18)16(23)13-5-3-2-4-6-13/h2-6,9,11-12H,7-8,10H2,1H3,(H,19,20,21). The lowest BCUT2D eigenvalue weighted by molar-refractivity contribution is 0.104. The molecule has 1 atom stereocenters. The lowest BCUT2D eigenvalue weighted by Crippen LogP contribution is -2.21. The molecule has 1 fully saturated rings. The van der Waals surface area contributed by atoms with Gasteiger partial charge in [0.1, 0.15) is 17.8 Å². The molecule has 3 heterocycles. The molecule has 4 rings (SSSR count). The van der Waals surface area contributed by atoms with Crippen LogP contribution in [0.4, 0.5) is 5.82 Å². The largest absolute Gasteiger partial charge is 0.356 e. The number of nitrogens with one attached hydrogen (secondary N) is 1. The van der Waals surface area contributed by atoms with Crippen molar-refractivity contribution < 1.29 is 4.79 Å². The van der Waals surface area contributed by atoms with Crippen LogP contribution in [-0.4, -0.2) is 33.8 Å². The van der Waals surface area contributed by atoms with Crippen molar-refractivity contribution in [2.24, 2.45) is 5.92 Å². The van der Waals surface area contributed by atoms with Gasteiger partial charge in [-0.2, -0.15) is 0 Å². The molecule has 1 aliphatic heterocycles. The second kappa shape index (κ2) is 5.50. The molecule has 5 heteroatoms. The van der Waals surface area contributed by atoms with E-state index in [1.54, 1.807) is 12.5 Å². The number of aromatic nitrogens is 3. The first-order valence-corrected chi connectivity index (χ1v) is 7.91. The summed E-state index contributed by atoms with van der Waals surface area (Å²) in [5.41, 5.74) is 2.04. The third kappa shape index (κ3) is 2.38. The lowest BCUT2D eigenvalue weighted by Gasteiger charge is -2.18. The van der Waals surface area contributed by atoms with Gasteiger partial charge in [0, 0.05) is 24.8 Å². The molecule has 1 N–H and O–H groups in total. The van der Waals surface area contributed by atoms with Crippen LogP contribution in [0.5, 0.6) is 0 Å². The third-order valence-corrected chi connectivity index (χ3v) is 4.45. The van der Waals surface area contributed by atoms with Crippen LogP contribution < -0.4 is 4.90 Å². The average molecular weight is 306 g/mol. The first-order valence-electron chi connectivity index (χ1n) is 7.91. The van der Waals surface area contributed by atoms with E-state index in [4.69, 9.17) is 0 Å². The van der Waals surface area contributed by atoms with Crippen molar-refractivity contribution in [2.75, 3.05) is 18.0 Å². The summed E-state index contributed by atoms with van der Waals surface area (Å²) < 4.78 is 0. The molecule has 1 unspecified atom stereocenters. The van der Waals surface area contributed by atoms with Crippen molar-refractivity contribution in [1.29, 1.82) is 0 Å². The van der Waals surface area contributed by atoms with E-state index >= 15 is 0 Å². The summed E-state index contributed by atoms with van der Waals surface area (Å²) in [5.74, 6) is 1.51. The predicted molar refractivity (Wildman–Crippen MR) is 89.8 cm³/mol.